The molecule has 1 aliphatic heterocycles. The Kier molecular flexibility index (Phi) is 9.48. The van der Waals surface area contributed by atoms with Crippen LogP contribution in [-0.2, 0) is 0 Å². The Balaban J connectivity index is 1.48. The first kappa shape index (κ1) is 28.7. The molecule has 0 saturated heterocycles. The highest BCUT2D eigenvalue weighted by molar-refractivity contribution is 5.87. The summed E-state index contributed by atoms with van der Waals surface area (Å²) in [7, 11) is 0. The molecule has 0 bridgehead atoms. The van der Waals surface area contributed by atoms with Gasteiger partial charge in [0.05, 0.1) is 28.6 Å². The van der Waals surface area contributed by atoms with Gasteiger partial charge in [0.1, 0.15) is 6.07 Å². The molecule has 1 aromatic heterocycles. The number of benzene rings is 2. The third-order valence-corrected chi connectivity index (χ3v) is 9.80. The van der Waals surface area contributed by atoms with Crippen LogP contribution in [0.3, 0.4) is 0 Å². The van der Waals surface area contributed by atoms with E-state index in [2.05, 4.69) is 67.3 Å². The monoisotopic (exact) mass is 540 g/mol. The van der Waals surface area contributed by atoms with Crippen LogP contribution in [0.1, 0.15) is 132 Å². The summed E-state index contributed by atoms with van der Waals surface area (Å²) in [5, 5.41) is 23.5. The summed E-state index contributed by atoms with van der Waals surface area (Å²) < 4.78 is 2.41. The van der Waals surface area contributed by atoms with Crippen molar-refractivity contribution in [1.82, 2.24) is 9.55 Å². The van der Waals surface area contributed by atoms with Crippen LogP contribution >= 0.6 is 0 Å². The Morgan fingerprint density at radius 2 is 1.93 bits per heavy atom. The smallest absolute Gasteiger partial charge is 0.102 e. The fraction of sp³-hybridized carbons (Fsp3) is 0.600. The number of nitrogens with zero attached hydrogens (tertiary/aromatic N) is 3. The molecule has 5 heteroatoms. The topological polar surface area (TPSA) is 73.9 Å². The van der Waals surface area contributed by atoms with Crippen molar-refractivity contribution in [3.8, 4) is 17.2 Å². The highest BCUT2D eigenvalue weighted by atomic mass is 16.3. The van der Waals surface area contributed by atoms with E-state index < -0.39 is 0 Å². The first-order chi connectivity index (χ1) is 19.6. The van der Waals surface area contributed by atoms with Crippen molar-refractivity contribution in [2.45, 2.75) is 116 Å². The lowest BCUT2D eigenvalue weighted by Gasteiger charge is -2.24. The normalized spacial score (nSPS) is 18.8. The van der Waals surface area contributed by atoms with Gasteiger partial charge in [0, 0.05) is 25.1 Å². The van der Waals surface area contributed by atoms with Gasteiger partial charge in [-0.2, -0.15) is 5.26 Å². The maximum absolute atomic E-state index is 10.3. The van der Waals surface area contributed by atoms with Crippen molar-refractivity contribution in [3.05, 3.63) is 47.3 Å². The molecule has 5 nitrogen and oxygen atoms in total. The third-order valence-electron chi connectivity index (χ3n) is 9.80. The average molecular weight is 541 g/mol. The van der Waals surface area contributed by atoms with Gasteiger partial charge in [0.15, 0.2) is 0 Å². The van der Waals surface area contributed by atoms with E-state index in [1.54, 1.807) is 0 Å². The van der Waals surface area contributed by atoms with Gasteiger partial charge >= 0.3 is 0 Å². The van der Waals surface area contributed by atoms with E-state index in [4.69, 9.17) is 4.98 Å². The number of nitrogens with one attached hydrogen (secondary N) is 1. The summed E-state index contributed by atoms with van der Waals surface area (Å²) in [5.41, 5.74) is 9.17. The van der Waals surface area contributed by atoms with Crippen molar-refractivity contribution in [2.75, 3.05) is 18.5 Å². The predicted molar refractivity (Wildman–Crippen MR) is 166 cm³/mol. The molecule has 2 N–H and O–H groups in total. The van der Waals surface area contributed by atoms with Gasteiger partial charge in [0.25, 0.3) is 0 Å². The number of fused-ring (bicyclic) bond motifs is 2. The van der Waals surface area contributed by atoms with Crippen molar-refractivity contribution in [2.24, 2.45) is 5.92 Å². The van der Waals surface area contributed by atoms with E-state index in [9.17, 15) is 10.4 Å². The highest BCUT2D eigenvalue weighted by Gasteiger charge is 2.30. The van der Waals surface area contributed by atoms with Gasteiger partial charge < -0.3 is 15.0 Å². The minimum absolute atomic E-state index is 0.278. The molecule has 3 unspecified atom stereocenters. The van der Waals surface area contributed by atoms with Crippen LogP contribution in [0.15, 0.2) is 30.6 Å². The van der Waals surface area contributed by atoms with Crippen LogP contribution in [0.25, 0.3) is 22.2 Å². The molecular weight excluding hydrogens is 492 g/mol. The molecule has 3 atom stereocenters. The number of hydrogen-bond donors (Lipinski definition) is 2. The summed E-state index contributed by atoms with van der Waals surface area (Å²) >= 11 is 0. The lowest BCUT2D eigenvalue weighted by molar-refractivity contribution is 0.243. The van der Waals surface area contributed by atoms with Gasteiger partial charge in [-0.1, -0.05) is 71.8 Å². The molecule has 3 aromatic rings. The quantitative estimate of drug-likeness (QED) is 0.240. The maximum Gasteiger partial charge on any atom is 0.102 e. The third kappa shape index (κ3) is 5.79. The average Bonchev–Trinajstić information content (AvgIpc) is 3.61. The van der Waals surface area contributed by atoms with Crippen molar-refractivity contribution in [1.29, 1.82) is 5.26 Å². The summed E-state index contributed by atoms with van der Waals surface area (Å²) in [5.74, 6) is 1.30. The highest BCUT2D eigenvalue weighted by Crippen LogP contribution is 2.46. The minimum atomic E-state index is 0.278. The molecule has 0 spiro atoms. The zero-order valence-electron chi connectivity index (χ0n) is 24.9. The lowest BCUT2D eigenvalue weighted by Crippen LogP contribution is -2.11. The van der Waals surface area contributed by atoms with Crippen molar-refractivity contribution >= 4 is 16.7 Å². The Hall–Kier alpha value is -2.84. The first-order valence-corrected chi connectivity index (χ1v) is 16.0. The maximum atomic E-state index is 10.3. The molecule has 0 amide bonds. The lowest BCUT2D eigenvalue weighted by atomic mass is 9.82. The molecule has 5 rings (SSSR count). The molecule has 2 heterocycles. The molecule has 2 aliphatic rings. The minimum Gasteiger partial charge on any atom is -0.396 e. The van der Waals surface area contributed by atoms with Crippen LogP contribution in [0, 0.1) is 17.2 Å². The van der Waals surface area contributed by atoms with Crippen LogP contribution in [0.2, 0.25) is 0 Å². The standard InChI is InChI=1S/C35H48N4O/c1-4-10-25(17-18-40)12-9-11-24(3)29-20-30(34-26(5-2)22-37-35(34)31(29)21-36)27-15-16-33-32(19-27)38-23-39(33)28-13-7-6-8-14-28/h15-16,19-20,23-26,28,37,40H,4-14,17-18,22H2,1-3H3. The Morgan fingerprint density at radius 3 is 2.65 bits per heavy atom. The largest absolute Gasteiger partial charge is 0.396 e. The second kappa shape index (κ2) is 13.2. The van der Waals surface area contributed by atoms with Crippen LogP contribution in [-0.4, -0.2) is 27.8 Å². The van der Waals surface area contributed by atoms with Gasteiger partial charge in [-0.3, -0.25) is 0 Å². The molecule has 1 saturated carbocycles. The summed E-state index contributed by atoms with van der Waals surface area (Å²) in [6, 6.07) is 12.3. The van der Waals surface area contributed by atoms with Crippen LogP contribution in [0.4, 0.5) is 5.69 Å². The van der Waals surface area contributed by atoms with Crippen LogP contribution in [0.5, 0.6) is 0 Å². The molecule has 214 valence electrons. The second-order valence-electron chi connectivity index (χ2n) is 12.4. The van der Waals surface area contributed by atoms with E-state index >= 15 is 0 Å². The number of nitriles is 1. The predicted octanol–water partition coefficient (Wildman–Crippen LogP) is 9.07. The van der Waals surface area contributed by atoms with E-state index in [0.29, 0.717) is 23.8 Å². The Labute approximate surface area is 241 Å². The zero-order valence-corrected chi connectivity index (χ0v) is 24.9. The fourth-order valence-corrected chi connectivity index (χ4v) is 7.49. The first-order valence-electron chi connectivity index (χ1n) is 16.0. The van der Waals surface area contributed by atoms with E-state index in [1.807, 2.05) is 0 Å². The number of aliphatic hydroxyl groups is 1. The summed E-state index contributed by atoms with van der Waals surface area (Å²) in [6.07, 6.45) is 16.2. The number of aromatic nitrogens is 2. The van der Waals surface area contributed by atoms with Gasteiger partial charge in [-0.05, 0) is 84.4 Å². The SMILES string of the molecule is CCCC(CCO)CCCC(C)c1cc(-c2ccc3c(c2)ncn3C2CCCCC2)c2c(c1C#N)NCC2CC. The van der Waals surface area contributed by atoms with Crippen molar-refractivity contribution < 1.29 is 5.11 Å². The van der Waals surface area contributed by atoms with Gasteiger partial charge in [-0.25, -0.2) is 4.98 Å². The molecular formula is C35H48N4O. The number of anilines is 1. The zero-order chi connectivity index (χ0) is 28.1. The number of hydrogen-bond acceptors (Lipinski definition) is 4. The van der Waals surface area contributed by atoms with E-state index in [1.165, 1.54) is 72.7 Å². The fourth-order valence-electron chi connectivity index (χ4n) is 7.49. The van der Waals surface area contributed by atoms with Crippen molar-refractivity contribution in [3.63, 3.8) is 0 Å². The number of aliphatic hydroxyl groups excluding tert-OH is 1. The number of rotatable bonds is 12. The number of imidazole rings is 1. The van der Waals surface area contributed by atoms with Gasteiger partial charge in [0.2, 0.25) is 0 Å². The molecule has 1 fully saturated rings. The molecule has 40 heavy (non-hydrogen) atoms. The second-order valence-corrected chi connectivity index (χ2v) is 12.4. The van der Waals surface area contributed by atoms with E-state index in [-0.39, 0.29) is 6.61 Å². The summed E-state index contributed by atoms with van der Waals surface area (Å²) in [6.45, 7) is 7.94. The molecule has 1 aliphatic carbocycles. The van der Waals surface area contributed by atoms with E-state index in [0.717, 1.165) is 55.4 Å². The van der Waals surface area contributed by atoms with Crippen LogP contribution < -0.4 is 5.32 Å². The Morgan fingerprint density at radius 1 is 1.10 bits per heavy atom. The molecule has 0 radical (unpaired) electrons. The summed E-state index contributed by atoms with van der Waals surface area (Å²) in [4.78, 5) is 4.87. The van der Waals surface area contributed by atoms with Gasteiger partial charge in [-0.15, -0.1) is 0 Å². The molecule has 2 aromatic carbocycles. The Bertz CT molecular complexity index is 1320.